The smallest absolute Gasteiger partial charge is 0.290 e. The van der Waals surface area contributed by atoms with E-state index in [-0.39, 0.29) is 24.2 Å². The summed E-state index contributed by atoms with van der Waals surface area (Å²) in [6, 6.07) is 3.72. The highest BCUT2D eigenvalue weighted by molar-refractivity contribution is 5.88. The first kappa shape index (κ1) is 19.4. The minimum Gasteiger partial charge on any atom is -0.363 e. The topological polar surface area (TPSA) is 106 Å². The molecule has 29 heavy (non-hydrogen) atoms. The van der Waals surface area contributed by atoms with Gasteiger partial charge in [-0.1, -0.05) is 11.2 Å². The molecule has 2 amide bonds. The number of rotatable bonds is 5. The molecule has 2 aliphatic rings. The number of hydrogen-bond donors (Lipinski definition) is 1. The van der Waals surface area contributed by atoms with Crippen LogP contribution in [0, 0.1) is 17.0 Å². The molecule has 2 aromatic rings. The summed E-state index contributed by atoms with van der Waals surface area (Å²) in [5.41, 5.74) is 5.18. The number of primary amides is 1. The maximum absolute atomic E-state index is 13.5. The summed E-state index contributed by atoms with van der Waals surface area (Å²) in [4.78, 5) is 32.0. The number of likely N-dealkylation sites (tertiary alicyclic amines) is 2. The molecule has 1 aromatic heterocycles. The molecule has 1 unspecified atom stereocenters. The van der Waals surface area contributed by atoms with Crippen LogP contribution in [0.15, 0.2) is 22.7 Å². The fraction of sp³-hybridized carbons (Fsp3) is 0.474. The fourth-order valence-electron chi connectivity index (χ4n) is 4.24. The normalized spacial score (nSPS) is 22.6. The number of hydrogen-bond acceptors (Lipinski definition) is 6. The van der Waals surface area contributed by atoms with Crippen LogP contribution in [-0.4, -0.2) is 51.4 Å². The van der Waals surface area contributed by atoms with Crippen LogP contribution in [-0.2, 0) is 17.9 Å². The summed E-state index contributed by atoms with van der Waals surface area (Å²) in [6.45, 7) is 2.39. The van der Waals surface area contributed by atoms with Gasteiger partial charge in [0.2, 0.25) is 11.8 Å². The van der Waals surface area contributed by atoms with Gasteiger partial charge in [-0.2, -0.15) is 4.98 Å². The highest BCUT2D eigenvalue weighted by Gasteiger charge is 2.48. The van der Waals surface area contributed by atoms with E-state index in [9.17, 15) is 18.4 Å². The standard InChI is InChI=1S/C19H21F2N5O3/c20-13-3-2-12(8-14(13)21)9-26-6-1-4-19(18(26)28)5-7-25(11-19)10-15-23-17(16(22)27)24-29-15/h2-3,8H,1,4-7,9-11H2,(H2,22,27). The Bertz CT molecular complexity index is 950. The van der Waals surface area contributed by atoms with Gasteiger partial charge in [0.25, 0.3) is 11.7 Å². The molecule has 0 bridgehead atoms. The predicted molar refractivity (Wildman–Crippen MR) is 96.2 cm³/mol. The highest BCUT2D eigenvalue weighted by Crippen LogP contribution is 2.40. The third-order valence-corrected chi connectivity index (χ3v) is 5.66. The zero-order chi connectivity index (χ0) is 20.6. The van der Waals surface area contributed by atoms with Crippen molar-refractivity contribution in [2.24, 2.45) is 11.1 Å². The van der Waals surface area contributed by atoms with E-state index in [1.807, 2.05) is 4.90 Å². The Kier molecular flexibility index (Phi) is 5.03. The molecule has 4 rings (SSSR count). The van der Waals surface area contributed by atoms with Crippen LogP contribution in [0.3, 0.4) is 0 Å². The largest absolute Gasteiger partial charge is 0.363 e. The van der Waals surface area contributed by atoms with Crippen molar-refractivity contribution >= 4 is 11.8 Å². The average molecular weight is 405 g/mol. The monoisotopic (exact) mass is 405 g/mol. The summed E-state index contributed by atoms with van der Waals surface area (Å²) >= 11 is 0. The van der Waals surface area contributed by atoms with Crippen molar-refractivity contribution in [2.75, 3.05) is 19.6 Å². The van der Waals surface area contributed by atoms with Gasteiger partial charge in [-0.05, 0) is 43.5 Å². The second kappa shape index (κ2) is 7.51. The molecule has 0 aliphatic carbocycles. The lowest BCUT2D eigenvalue weighted by Gasteiger charge is -2.39. The number of amides is 2. The molecule has 0 radical (unpaired) electrons. The van der Waals surface area contributed by atoms with Crippen LogP contribution >= 0.6 is 0 Å². The van der Waals surface area contributed by atoms with Crippen molar-refractivity contribution in [2.45, 2.75) is 32.4 Å². The lowest BCUT2D eigenvalue weighted by atomic mass is 9.78. The summed E-state index contributed by atoms with van der Waals surface area (Å²) < 4.78 is 31.7. The molecular weight excluding hydrogens is 384 g/mol. The van der Waals surface area contributed by atoms with Crippen molar-refractivity contribution in [1.82, 2.24) is 19.9 Å². The van der Waals surface area contributed by atoms with Gasteiger partial charge in [0.1, 0.15) is 0 Å². The van der Waals surface area contributed by atoms with Gasteiger partial charge < -0.3 is 15.2 Å². The minimum absolute atomic E-state index is 0.0272. The van der Waals surface area contributed by atoms with E-state index in [2.05, 4.69) is 10.1 Å². The molecule has 1 atom stereocenters. The van der Waals surface area contributed by atoms with Crippen LogP contribution in [0.25, 0.3) is 0 Å². The molecule has 2 N–H and O–H groups in total. The molecular formula is C19H21F2N5O3. The SMILES string of the molecule is NC(=O)c1noc(CN2CCC3(CCCN(Cc4ccc(F)c(F)c4)C3=O)C2)n1. The first-order valence-corrected chi connectivity index (χ1v) is 9.44. The van der Waals surface area contributed by atoms with E-state index in [0.29, 0.717) is 38.2 Å². The third kappa shape index (κ3) is 3.84. The lowest BCUT2D eigenvalue weighted by Crippen LogP contribution is -2.49. The van der Waals surface area contributed by atoms with E-state index >= 15 is 0 Å². The van der Waals surface area contributed by atoms with Crippen molar-refractivity contribution in [1.29, 1.82) is 0 Å². The van der Waals surface area contributed by atoms with E-state index < -0.39 is 23.0 Å². The van der Waals surface area contributed by atoms with Gasteiger partial charge in [-0.25, -0.2) is 8.78 Å². The molecule has 3 heterocycles. The number of halogens is 2. The molecule has 1 spiro atoms. The number of aromatic nitrogens is 2. The summed E-state index contributed by atoms with van der Waals surface area (Å²) in [5.74, 6) is -2.43. The van der Waals surface area contributed by atoms with Crippen LogP contribution in [0.1, 0.15) is 41.3 Å². The van der Waals surface area contributed by atoms with Gasteiger partial charge in [0, 0.05) is 19.6 Å². The third-order valence-electron chi connectivity index (χ3n) is 5.66. The molecule has 154 valence electrons. The Balaban J connectivity index is 1.42. The van der Waals surface area contributed by atoms with E-state index in [1.165, 1.54) is 6.07 Å². The Morgan fingerprint density at radius 2 is 2.03 bits per heavy atom. The Morgan fingerprint density at radius 3 is 2.76 bits per heavy atom. The molecule has 8 nitrogen and oxygen atoms in total. The highest BCUT2D eigenvalue weighted by atomic mass is 19.2. The maximum Gasteiger partial charge on any atom is 0.290 e. The van der Waals surface area contributed by atoms with E-state index in [1.54, 1.807) is 4.90 Å². The minimum atomic E-state index is -0.913. The fourth-order valence-corrected chi connectivity index (χ4v) is 4.24. The second-order valence-electron chi connectivity index (χ2n) is 7.70. The molecule has 2 aliphatic heterocycles. The second-order valence-corrected chi connectivity index (χ2v) is 7.70. The number of nitrogens with two attached hydrogens (primary N) is 1. The number of carbonyl (C=O) groups excluding carboxylic acids is 2. The van der Waals surface area contributed by atoms with Gasteiger partial charge in [0.05, 0.1) is 12.0 Å². The Hall–Kier alpha value is -2.88. The molecule has 2 fully saturated rings. The lowest BCUT2D eigenvalue weighted by molar-refractivity contribution is -0.146. The maximum atomic E-state index is 13.5. The summed E-state index contributed by atoms with van der Waals surface area (Å²) in [7, 11) is 0. The van der Waals surface area contributed by atoms with Crippen LogP contribution in [0.2, 0.25) is 0 Å². The van der Waals surface area contributed by atoms with Gasteiger partial charge >= 0.3 is 0 Å². The van der Waals surface area contributed by atoms with Gasteiger partial charge in [-0.3, -0.25) is 14.5 Å². The van der Waals surface area contributed by atoms with Gasteiger partial charge in [-0.15, -0.1) is 0 Å². The summed E-state index contributed by atoms with van der Waals surface area (Å²) in [6.07, 6.45) is 2.31. The van der Waals surface area contributed by atoms with Crippen LogP contribution < -0.4 is 5.73 Å². The van der Waals surface area contributed by atoms with Crippen molar-refractivity contribution in [3.05, 3.63) is 47.1 Å². The predicted octanol–water partition coefficient (Wildman–Crippen LogP) is 1.46. The molecule has 1 aromatic carbocycles. The van der Waals surface area contributed by atoms with E-state index in [4.69, 9.17) is 10.3 Å². The molecule has 10 heteroatoms. The zero-order valence-electron chi connectivity index (χ0n) is 15.7. The first-order chi connectivity index (χ1) is 13.9. The van der Waals surface area contributed by atoms with E-state index in [0.717, 1.165) is 25.0 Å². The average Bonchev–Trinajstić information content (AvgIpc) is 3.31. The Morgan fingerprint density at radius 1 is 1.21 bits per heavy atom. The van der Waals surface area contributed by atoms with Gasteiger partial charge in [0.15, 0.2) is 11.6 Å². The number of carbonyl (C=O) groups is 2. The molecule has 2 saturated heterocycles. The number of nitrogens with zero attached hydrogens (tertiary/aromatic N) is 4. The number of benzene rings is 1. The zero-order valence-corrected chi connectivity index (χ0v) is 15.7. The van der Waals surface area contributed by atoms with Crippen molar-refractivity contribution < 1.29 is 22.9 Å². The quantitative estimate of drug-likeness (QED) is 0.807. The van der Waals surface area contributed by atoms with Crippen LogP contribution in [0.4, 0.5) is 8.78 Å². The van der Waals surface area contributed by atoms with Crippen molar-refractivity contribution in [3.8, 4) is 0 Å². The number of piperidine rings is 1. The first-order valence-electron chi connectivity index (χ1n) is 9.44. The molecule has 0 saturated carbocycles. The summed E-state index contributed by atoms with van der Waals surface area (Å²) in [5, 5.41) is 3.53. The van der Waals surface area contributed by atoms with Crippen LogP contribution in [0.5, 0.6) is 0 Å². The van der Waals surface area contributed by atoms with Crippen molar-refractivity contribution in [3.63, 3.8) is 0 Å². The Labute approximate surface area is 165 Å².